The van der Waals surface area contributed by atoms with E-state index in [1.54, 1.807) is 11.8 Å². The third-order valence-electron chi connectivity index (χ3n) is 2.08. The van der Waals surface area contributed by atoms with Crippen molar-refractivity contribution in [2.24, 2.45) is 4.99 Å². The smallest absolute Gasteiger partial charge is 0.0909 e. The van der Waals surface area contributed by atoms with E-state index in [1.807, 2.05) is 0 Å². The van der Waals surface area contributed by atoms with Gasteiger partial charge in [-0.1, -0.05) is 24.3 Å². The molecule has 2 heteroatoms. The Balaban J connectivity index is 2.26. The molecule has 0 saturated heterocycles. The highest BCUT2D eigenvalue weighted by Gasteiger charge is 2.15. The fraction of sp³-hybridized carbons (Fsp3) is 0.300. The van der Waals surface area contributed by atoms with E-state index in [4.69, 9.17) is 0 Å². The van der Waals surface area contributed by atoms with E-state index >= 15 is 0 Å². The molecule has 62 valence electrons. The van der Waals surface area contributed by atoms with Crippen LogP contribution >= 0.6 is 11.8 Å². The molecule has 1 nitrogen and oxygen atoms in total. The average Bonchev–Trinajstić information content (AvgIpc) is 2.17. The first-order valence-electron chi connectivity index (χ1n) is 4.07. The quantitative estimate of drug-likeness (QED) is 0.554. The van der Waals surface area contributed by atoms with Crippen LogP contribution in [0, 0.1) is 0 Å². The Morgan fingerprint density at radius 3 is 3.25 bits per heavy atom. The molecule has 1 unspecified atom stereocenters. The molecule has 2 rings (SSSR count). The number of fused-ring (bicyclic) bond motifs is 1. The van der Waals surface area contributed by atoms with Crippen molar-refractivity contribution in [1.82, 2.24) is 0 Å². The van der Waals surface area contributed by atoms with Gasteiger partial charge >= 0.3 is 0 Å². The van der Waals surface area contributed by atoms with Crippen molar-refractivity contribution in [3.8, 4) is 0 Å². The number of aliphatic imine (C=N–C) groups is 1. The zero-order chi connectivity index (χ0) is 8.39. The molecular formula is C10H11NS. The lowest BCUT2D eigenvalue weighted by atomic mass is 9.98. The second kappa shape index (κ2) is 3.31. The van der Waals surface area contributed by atoms with Gasteiger partial charge in [0.05, 0.1) is 11.1 Å². The van der Waals surface area contributed by atoms with Crippen molar-refractivity contribution >= 4 is 16.8 Å². The standard InChI is InChI=1S/C10H11NS/c1-12-10-7-6-8-4-2-3-5-9(8)11-10/h2-4,6-7,9H,5H2,1H3. The Morgan fingerprint density at radius 1 is 1.50 bits per heavy atom. The topological polar surface area (TPSA) is 12.4 Å². The number of thioether (sulfide) groups is 1. The summed E-state index contributed by atoms with van der Waals surface area (Å²) in [6.07, 6.45) is 13.8. The predicted molar refractivity (Wildman–Crippen MR) is 55.7 cm³/mol. The van der Waals surface area contributed by atoms with Crippen LogP contribution in [0.3, 0.4) is 0 Å². The molecular weight excluding hydrogens is 166 g/mol. The highest BCUT2D eigenvalue weighted by molar-refractivity contribution is 8.13. The molecule has 1 aliphatic carbocycles. The molecule has 0 spiro atoms. The predicted octanol–water partition coefficient (Wildman–Crippen LogP) is 2.57. The summed E-state index contributed by atoms with van der Waals surface area (Å²) in [5.41, 5.74) is 1.34. The Hall–Kier alpha value is -0.760. The van der Waals surface area contributed by atoms with Gasteiger partial charge in [0, 0.05) is 0 Å². The van der Waals surface area contributed by atoms with Gasteiger partial charge in [0.2, 0.25) is 0 Å². The lowest BCUT2D eigenvalue weighted by molar-refractivity contribution is 0.793. The van der Waals surface area contributed by atoms with Gasteiger partial charge in [0.25, 0.3) is 0 Å². The van der Waals surface area contributed by atoms with E-state index in [9.17, 15) is 0 Å². The highest BCUT2D eigenvalue weighted by atomic mass is 32.2. The molecule has 0 aromatic rings. The summed E-state index contributed by atoms with van der Waals surface area (Å²) >= 11 is 1.71. The second-order valence-electron chi connectivity index (χ2n) is 2.85. The minimum absolute atomic E-state index is 0.391. The summed E-state index contributed by atoms with van der Waals surface area (Å²) in [6.45, 7) is 0. The Labute approximate surface area is 77.0 Å². The first-order chi connectivity index (χ1) is 5.90. The second-order valence-corrected chi connectivity index (χ2v) is 3.68. The number of nitrogens with zero attached hydrogens (tertiary/aromatic N) is 1. The van der Waals surface area contributed by atoms with Crippen LogP contribution in [-0.4, -0.2) is 17.3 Å². The molecule has 0 bridgehead atoms. The summed E-state index contributed by atoms with van der Waals surface area (Å²) < 4.78 is 0. The van der Waals surface area contributed by atoms with Crippen LogP contribution in [0.4, 0.5) is 0 Å². The Bertz CT molecular complexity index is 297. The van der Waals surface area contributed by atoms with Gasteiger partial charge in [-0.2, -0.15) is 0 Å². The average molecular weight is 177 g/mol. The SMILES string of the molecule is CSC1=NC2CC=CC=C2C=C1. The first kappa shape index (κ1) is 7.87. The molecule has 1 atom stereocenters. The lowest BCUT2D eigenvalue weighted by Gasteiger charge is -2.19. The number of allylic oxidation sites excluding steroid dienone is 2. The van der Waals surface area contributed by atoms with Crippen molar-refractivity contribution in [3.05, 3.63) is 36.0 Å². The molecule has 0 N–H and O–H groups in total. The minimum atomic E-state index is 0.391. The lowest BCUT2D eigenvalue weighted by Crippen LogP contribution is -2.13. The van der Waals surface area contributed by atoms with Crippen molar-refractivity contribution in [2.45, 2.75) is 12.5 Å². The first-order valence-corrected chi connectivity index (χ1v) is 5.29. The van der Waals surface area contributed by atoms with Gasteiger partial charge < -0.3 is 0 Å². The summed E-state index contributed by atoms with van der Waals surface area (Å²) in [4.78, 5) is 4.60. The molecule has 12 heavy (non-hydrogen) atoms. The van der Waals surface area contributed by atoms with Crippen LogP contribution in [0.15, 0.2) is 40.9 Å². The van der Waals surface area contributed by atoms with E-state index in [0.717, 1.165) is 11.5 Å². The molecule has 2 aliphatic rings. The zero-order valence-corrected chi connectivity index (χ0v) is 7.84. The van der Waals surface area contributed by atoms with Crippen LogP contribution in [0.1, 0.15) is 6.42 Å². The van der Waals surface area contributed by atoms with Crippen LogP contribution < -0.4 is 0 Å². The number of hydrogen-bond acceptors (Lipinski definition) is 2. The Kier molecular flexibility index (Phi) is 2.17. The summed E-state index contributed by atoms with van der Waals surface area (Å²) in [6, 6.07) is 0.391. The van der Waals surface area contributed by atoms with E-state index in [0.29, 0.717) is 6.04 Å². The summed E-state index contributed by atoms with van der Waals surface area (Å²) in [5, 5.41) is 1.15. The van der Waals surface area contributed by atoms with Crippen LogP contribution in [0.5, 0.6) is 0 Å². The van der Waals surface area contributed by atoms with E-state index in [-0.39, 0.29) is 0 Å². The molecule has 1 aliphatic heterocycles. The molecule has 0 saturated carbocycles. The monoisotopic (exact) mass is 177 g/mol. The molecule has 0 aromatic carbocycles. The van der Waals surface area contributed by atoms with Crippen LogP contribution in [0.2, 0.25) is 0 Å². The van der Waals surface area contributed by atoms with Gasteiger partial charge in [-0.15, -0.1) is 11.8 Å². The van der Waals surface area contributed by atoms with Crippen molar-refractivity contribution < 1.29 is 0 Å². The van der Waals surface area contributed by atoms with Crippen LogP contribution in [0.25, 0.3) is 0 Å². The normalized spacial score (nSPS) is 26.2. The van der Waals surface area contributed by atoms with Gasteiger partial charge in [0.15, 0.2) is 0 Å². The van der Waals surface area contributed by atoms with E-state index in [1.165, 1.54) is 5.57 Å². The van der Waals surface area contributed by atoms with E-state index < -0.39 is 0 Å². The largest absolute Gasteiger partial charge is 0.270 e. The minimum Gasteiger partial charge on any atom is -0.270 e. The van der Waals surface area contributed by atoms with Crippen molar-refractivity contribution in [1.29, 1.82) is 0 Å². The maximum absolute atomic E-state index is 4.60. The van der Waals surface area contributed by atoms with Crippen molar-refractivity contribution in [3.63, 3.8) is 0 Å². The summed E-state index contributed by atoms with van der Waals surface area (Å²) in [7, 11) is 0. The maximum atomic E-state index is 4.60. The fourth-order valence-electron chi connectivity index (χ4n) is 1.41. The molecule has 0 radical (unpaired) electrons. The van der Waals surface area contributed by atoms with Gasteiger partial charge in [-0.25, -0.2) is 0 Å². The number of hydrogen-bond donors (Lipinski definition) is 0. The molecule has 1 heterocycles. The number of dihydropyridines is 1. The summed E-state index contributed by atoms with van der Waals surface area (Å²) in [5.74, 6) is 0. The molecule has 0 amide bonds. The van der Waals surface area contributed by atoms with Gasteiger partial charge in [0.1, 0.15) is 0 Å². The zero-order valence-electron chi connectivity index (χ0n) is 7.03. The van der Waals surface area contributed by atoms with Crippen molar-refractivity contribution in [2.75, 3.05) is 6.26 Å². The number of rotatable bonds is 0. The fourth-order valence-corrected chi connectivity index (χ4v) is 1.85. The van der Waals surface area contributed by atoms with E-state index in [2.05, 4.69) is 41.6 Å². The van der Waals surface area contributed by atoms with Crippen LogP contribution in [-0.2, 0) is 0 Å². The molecule has 0 fully saturated rings. The Morgan fingerprint density at radius 2 is 2.42 bits per heavy atom. The third-order valence-corrected chi connectivity index (χ3v) is 2.74. The maximum Gasteiger partial charge on any atom is 0.0909 e. The third kappa shape index (κ3) is 1.39. The highest BCUT2D eigenvalue weighted by Crippen LogP contribution is 2.23. The van der Waals surface area contributed by atoms with Gasteiger partial charge in [-0.3, -0.25) is 4.99 Å². The molecule has 0 aromatic heterocycles. The van der Waals surface area contributed by atoms with Gasteiger partial charge in [-0.05, 0) is 24.3 Å².